The Morgan fingerprint density at radius 3 is 2.32 bits per heavy atom. The number of aromatic nitrogens is 2. The van der Waals surface area contributed by atoms with Gasteiger partial charge in [-0.2, -0.15) is 5.10 Å². The van der Waals surface area contributed by atoms with Gasteiger partial charge in [0.1, 0.15) is 12.6 Å². The lowest BCUT2D eigenvalue weighted by Crippen LogP contribution is -2.46. The number of rotatable bonds is 12. The van der Waals surface area contributed by atoms with Crippen LogP contribution in [0.2, 0.25) is 0 Å². The lowest BCUT2D eigenvalue weighted by Gasteiger charge is -2.23. The number of aliphatic carboxylic acids is 1. The van der Waals surface area contributed by atoms with Gasteiger partial charge in [-0.25, -0.2) is 13.5 Å². The van der Waals surface area contributed by atoms with Crippen molar-refractivity contribution in [2.45, 2.75) is 64.5 Å². The van der Waals surface area contributed by atoms with Gasteiger partial charge in [0.2, 0.25) is 5.91 Å². The van der Waals surface area contributed by atoms with Crippen molar-refractivity contribution in [1.82, 2.24) is 15.1 Å². The first-order valence-electron chi connectivity index (χ1n) is 13.1. The van der Waals surface area contributed by atoms with Crippen molar-refractivity contribution >= 4 is 17.7 Å². The van der Waals surface area contributed by atoms with Crippen LogP contribution in [-0.4, -0.2) is 45.2 Å². The van der Waals surface area contributed by atoms with E-state index in [-0.39, 0.29) is 23.9 Å². The third kappa shape index (κ3) is 7.84. The average molecular weight is 570 g/mol. The number of hydrogen-bond acceptors (Lipinski definition) is 6. The Morgan fingerprint density at radius 2 is 1.71 bits per heavy atom. The molecule has 1 amide bonds. The largest absolute Gasteiger partial charge is 0.481 e. The second-order valence-electron chi connectivity index (χ2n) is 10.6. The SMILES string of the molecule is CC[C@H](C(=O)N[C@@H](CC(=O)O)C(=O)COc1c(F)cccc1F)c1ccnn(Cc2ccccc2C(C)(C)C)c1=O. The predicted molar refractivity (Wildman–Crippen MR) is 147 cm³/mol. The summed E-state index contributed by atoms with van der Waals surface area (Å²) in [4.78, 5) is 50.9. The number of carbonyl (C=O) groups excluding carboxylic acids is 2. The van der Waals surface area contributed by atoms with Crippen LogP contribution < -0.4 is 15.6 Å². The van der Waals surface area contributed by atoms with Gasteiger partial charge in [0.15, 0.2) is 23.2 Å². The van der Waals surface area contributed by atoms with E-state index in [0.29, 0.717) is 0 Å². The number of ketones is 1. The predicted octanol–water partition coefficient (Wildman–Crippen LogP) is 3.97. The number of hydrogen-bond donors (Lipinski definition) is 2. The van der Waals surface area contributed by atoms with E-state index in [1.54, 1.807) is 6.92 Å². The molecule has 0 fully saturated rings. The summed E-state index contributed by atoms with van der Waals surface area (Å²) in [7, 11) is 0. The molecule has 2 atom stereocenters. The molecule has 0 bridgehead atoms. The van der Waals surface area contributed by atoms with Crippen LogP contribution in [0, 0.1) is 11.6 Å². The minimum Gasteiger partial charge on any atom is -0.481 e. The average Bonchev–Trinajstić information content (AvgIpc) is 2.90. The normalized spacial score (nSPS) is 12.8. The molecule has 41 heavy (non-hydrogen) atoms. The molecule has 0 aliphatic carbocycles. The summed E-state index contributed by atoms with van der Waals surface area (Å²) < 4.78 is 34.0. The molecule has 0 aliphatic rings. The lowest BCUT2D eigenvalue weighted by atomic mass is 9.84. The Morgan fingerprint density at radius 1 is 1.05 bits per heavy atom. The lowest BCUT2D eigenvalue weighted by molar-refractivity contribution is -0.140. The summed E-state index contributed by atoms with van der Waals surface area (Å²) in [5, 5.41) is 15.9. The molecule has 3 rings (SSSR count). The Hall–Kier alpha value is -4.41. The highest BCUT2D eigenvalue weighted by Crippen LogP contribution is 2.26. The summed E-state index contributed by atoms with van der Waals surface area (Å²) in [6.45, 7) is 7.12. The molecule has 2 aromatic carbocycles. The van der Waals surface area contributed by atoms with Crippen LogP contribution in [0.25, 0.3) is 0 Å². The van der Waals surface area contributed by atoms with E-state index in [1.807, 2.05) is 24.3 Å². The number of benzene rings is 2. The van der Waals surface area contributed by atoms with Gasteiger partial charge in [-0.3, -0.25) is 19.2 Å². The summed E-state index contributed by atoms with van der Waals surface area (Å²) in [5.74, 6) is -6.96. The topological polar surface area (TPSA) is 128 Å². The minimum atomic E-state index is -1.56. The Balaban J connectivity index is 1.82. The van der Waals surface area contributed by atoms with Crippen LogP contribution in [0.5, 0.6) is 5.75 Å². The zero-order chi connectivity index (χ0) is 30.3. The van der Waals surface area contributed by atoms with Crippen LogP contribution in [-0.2, 0) is 26.3 Å². The molecular formula is C30H33F2N3O6. The summed E-state index contributed by atoms with van der Waals surface area (Å²) in [5.41, 5.74) is 1.37. The van der Waals surface area contributed by atoms with E-state index in [9.17, 15) is 33.1 Å². The molecule has 0 spiro atoms. The number of amides is 1. The maximum Gasteiger partial charge on any atom is 0.305 e. The van der Waals surface area contributed by atoms with Crippen LogP contribution >= 0.6 is 0 Å². The third-order valence-corrected chi connectivity index (χ3v) is 6.55. The van der Waals surface area contributed by atoms with Gasteiger partial charge >= 0.3 is 5.97 Å². The first kappa shape index (κ1) is 31.1. The second-order valence-corrected chi connectivity index (χ2v) is 10.6. The number of nitrogens with one attached hydrogen (secondary N) is 1. The fraction of sp³-hybridized carbons (Fsp3) is 0.367. The van der Waals surface area contributed by atoms with Crippen LogP contribution in [0.1, 0.15) is 63.1 Å². The van der Waals surface area contributed by atoms with Gasteiger partial charge in [-0.05, 0) is 41.2 Å². The van der Waals surface area contributed by atoms with Gasteiger partial charge in [0.05, 0.1) is 18.9 Å². The molecule has 9 nitrogen and oxygen atoms in total. The van der Waals surface area contributed by atoms with Crippen molar-refractivity contribution in [3.8, 4) is 5.75 Å². The molecule has 11 heteroatoms. The van der Waals surface area contributed by atoms with E-state index in [4.69, 9.17) is 4.74 Å². The van der Waals surface area contributed by atoms with Gasteiger partial charge in [-0.15, -0.1) is 0 Å². The Bertz CT molecular complexity index is 1460. The summed E-state index contributed by atoms with van der Waals surface area (Å²) >= 11 is 0. The van der Waals surface area contributed by atoms with E-state index in [2.05, 4.69) is 31.2 Å². The first-order valence-corrected chi connectivity index (χ1v) is 13.1. The number of nitrogens with zero attached hydrogens (tertiary/aromatic N) is 2. The van der Waals surface area contributed by atoms with E-state index in [0.717, 1.165) is 29.3 Å². The van der Waals surface area contributed by atoms with Gasteiger partial charge in [0, 0.05) is 11.8 Å². The highest BCUT2D eigenvalue weighted by Gasteiger charge is 2.30. The number of Topliss-reactive ketones (excluding diaryl/α,β-unsaturated/α-hetero) is 1. The van der Waals surface area contributed by atoms with Crippen molar-refractivity contribution in [1.29, 1.82) is 0 Å². The maximum absolute atomic E-state index is 13.9. The van der Waals surface area contributed by atoms with Crippen LogP contribution in [0.3, 0.4) is 0 Å². The number of carboxylic acids is 1. The highest BCUT2D eigenvalue weighted by molar-refractivity contribution is 5.94. The fourth-order valence-corrected chi connectivity index (χ4v) is 4.50. The quantitative estimate of drug-likeness (QED) is 0.338. The number of halogens is 2. The van der Waals surface area contributed by atoms with E-state index < -0.39 is 65.6 Å². The molecule has 0 saturated heterocycles. The standard InChI is InChI=1S/C30H33F2N3O6/c1-5-19(20-13-14-33-35(29(20)40)16-18-9-6-7-10-21(18)30(2,3)4)28(39)34-24(15-26(37)38)25(36)17-41-27-22(31)11-8-12-23(27)32/h6-14,19,24H,5,15-17H2,1-4H3,(H,34,39)(H,37,38)/t19-,24-/m0/s1. The molecule has 1 aromatic heterocycles. The summed E-state index contributed by atoms with van der Waals surface area (Å²) in [6.07, 6.45) is 0.770. The molecule has 0 unspecified atom stereocenters. The van der Waals surface area contributed by atoms with Crippen molar-refractivity contribution in [2.75, 3.05) is 6.61 Å². The Labute approximate surface area is 236 Å². The smallest absolute Gasteiger partial charge is 0.305 e. The van der Waals surface area contributed by atoms with Crippen LogP contribution in [0.15, 0.2) is 59.5 Å². The number of para-hydroxylation sites is 1. The number of ether oxygens (including phenoxy) is 1. The van der Waals surface area contributed by atoms with E-state index >= 15 is 0 Å². The molecule has 1 heterocycles. The van der Waals surface area contributed by atoms with Crippen molar-refractivity contribution in [2.24, 2.45) is 0 Å². The van der Waals surface area contributed by atoms with Crippen molar-refractivity contribution in [3.63, 3.8) is 0 Å². The fourth-order valence-electron chi connectivity index (χ4n) is 4.50. The molecular weight excluding hydrogens is 536 g/mol. The van der Waals surface area contributed by atoms with Crippen molar-refractivity contribution < 1.29 is 33.0 Å². The second kappa shape index (κ2) is 13.3. The molecule has 3 aromatic rings. The summed E-state index contributed by atoms with van der Waals surface area (Å²) in [6, 6.07) is 10.5. The van der Waals surface area contributed by atoms with Gasteiger partial charge in [0.25, 0.3) is 5.56 Å². The maximum atomic E-state index is 13.9. The minimum absolute atomic E-state index is 0.124. The van der Waals surface area contributed by atoms with Crippen molar-refractivity contribution in [3.05, 3.63) is 93.4 Å². The third-order valence-electron chi connectivity index (χ3n) is 6.55. The Kier molecular flexibility index (Phi) is 10.1. The first-order chi connectivity index (χ1) is 19.3. The van der Waals surface area contributed by atoms with Gasteiger partial charge in [-0.1, -0.05) is 58.0 Å². The molecule has 0 saturated carbocycles. The molecule has 218 valence electrons. The molecule has 0 aliphatic heterocycles. The molecule has 0 radical (unpaired) electrons. The van der Waals surface area contributed by atoms with E-state index in [1.165, 1.54) is 16.9 Å². The highest BCUT2D eigenvalue weighted by atomic mass is 19.1. The number of carbonyl (C=O) groups is 3. The monoisotopic (exact) mass is 569 g/mol. The van der Waals surface area contributed by atoms with Gasteiger partial charge < -0.3 is 15.2 Å². The zero-order valence-electron chi connectivity index (χ0n) is 23.3. The zero-order valence-corrected chi connectivity index (χ0v) is 23.3. The van der Waals surface area contributed by atoms with Crippen LogP contribution in [0.4, 0.5) is 8.78 Å². The molecule has 2 N–H and O–H groups in total. The number of carboxylic acid groups (broad SMARTS) is 1.